The highest BCUT2D eigenvalue weighted by atomic mass is 16.5. The molecular weight excluding hydrogens is 250 g/mol. The molecule has 0 heterocycles. The molecule has 0 aliphatic rings. The van der Waals surface area contributed by atoms with E-state index in [1.54, 1.807) is 24.3 Å². The quantitative estimate of drug-likeness (QED) is 0.697. The van der Waals surface area contributed by atoms with Gasteiger partial charge in [0.25, 0.3) is 0 Å². The number of carbonyl (C=O) groups is 2. The Morgan fingerprint density at radius 1 is 1.32 bits per heavy atom. The van der Waals surface area contributed by atoms with Crippen molar-refractivity contribution < 1.29 is 24.2 Å². The molecule has 0 saturated heterocycles. The van der Waals surface area contributed by atoms with Crippen LogP contribution in [0.15, 0.2) is 24.3 Å². The van der Waals surface area contributed by atoms with Crippen LogP contribution in [0.4, 0.5) is 5.69 Å². The van der Waals surface area contributed by atoms with Crippen LogP contribution in [0.5, 0.6) is 5.75 Å². The molecule has 6 nitrogen and oxygen atoms in total. The Hall–Kier alpha value is -2.08. The molecule has 0 atom stereocenters. The number of nitrogens with one attached hydrogen (secondary N) is 1. The zero-order chi connectivity index (χ0) is 14.1. The maximum Gasteiger partial charge on any atom is 0.341 e. The summed E-state index contributed by atoms with van der Waals surface area (Å²) in [6.07, 6.45) is 0.237. The van der Waals surface area contributed by atoms with Crippen LogP contribution in [0.1, 0.15) is 13.3 Å². The van der Waals surface area contributed by atoms with Crippen LogP contribution in [0.3, 0.4) is 0 Å². The molecule has 2 N–H and O–H groups in total. The number of rotatable bonds is 8. The fourth-order valence-electron chi connectivity index (χ4n) is 1.36. The molecule has 0 radical (unpaired) electrons. The largest absolute Gasteiger partial charge is 0.480 e. The molecule has 19 heavy (non-hydrogen) atoms. The minimum absolute atomic E-state index is 0.208. The van der Waals surface area contributed by atoms with Crippen molar-refractivity contribution in [1.82, 2.24) is 0 Å². The number of para-hydroxylation sites is 2. The van der Waals surface area contributed by atoms with Gasteiger partial charge in [-0.1, -0.05) is 12.1 Å². The highest BCUT2D eigenvalue weighted by Gasteiger charge is 2.08. The van der Waals surface area contributed by atoms with Crippen LogP contribution in [0.25, 0.3) is 0 Å². The molecule has 0 aliphatic carbocycles. The van der Waals surface area contributed by atoms with Gasteiger partial charge in [0.2, 0.25) is 5.91 Å². The Morgan fingerprint density at radius 2 is 2.05 bits per heavy atom. The smallest absolute Gasteiger partial charge is 0.341 e. The molecule has 1 rings (SSSR count). The van der Waals surface area contributed by atoms with Crippen LogP contribution in [-0.4, -0.2) is 36.8 Å². The molecule has 1 aromatic rings. The summed E-state index contributed by atoms with van der Waals surface area (Å²) >= 11 is 0. The molecule has 0 bridgehead atoms. The van der Waals surface area contributed by atoms with Crippen molar-refractivity contribution in [3.8, 4) is 5.75 Å². The van der Waals surface area contributed by atoms with Gasteiger partial charge in [0.15, 0.2) is 6.61 Å². The van der Waals surface area contributed by atoms with E-state index in [9.17, 15) is 9.59 Å². The zero-order valence-electron chi connectivity index (χ0n) is 10.7. The summed E-state index contributed by atoms with van der Waals surface area (Å²) < 4.78 is 10.2. The zero-order valence-corrected chi connectivity index (χ0v) is 10.7. The van der Waals surface area contributed by atoms with E-state index in [0.717, 1.165) is 0 Å². The number of hydrogen-bond donors (Lipinski definition) is 2. The molecule has 6 heteroatoms. The number of aliphatic carboxylic acids is 1. The van der Waals surface area contributed by atoms with E-state index in [-0.39, 0.29) is 12.3 Å². The van der Waals surface area contributed by atoms with Gasteiger partial charge < -0.3 is 19.9 Å². The molecule has 104 valence electrons. The first kappa shape index (κ1) is 15.0. The molecule has 0 saturated carbocycles. The fourth-order valence-corrected chi connectivity index (χ4v) is 1.36. The van der Waals surface area contributed by atoms with Crippen LogP contribution >= 0.6 is 0 Å². The second kappa shape index (κ2) is 8.10. The van der Waals surface area contributed by atoms with Crippen LogP contribution < -0.4 is 10.1 Å². The summed E-state index contributed by atoms with van der Waals surface area (Å²) in [4.78, 5) is 22.1. The van der Waals surface area contributed by atoms with E-state index in [4.69, 9.17) is 14.6 Å². The van der Waals surface area contributed by atoms with Crippen molar-refractivity contribution in [2.45, 2.75) is 13.3 Å². The van der Waals surface area contributed by atoms with E-state index in [0.29, 0.717) is 24.7 Å². The van der Waals surface area contributed by atoms with Crippen molar-refractivity contribution in [2.75, 3.05) is 25.1 Å². The van der Waals surface area contributed by atoms with Gasteiger partial charge in [0.1, 0.15) is 5.75 Å². The minimum atomic E-state index is -1.07. The third kappa shape index (κ3) is 5.87. The van der Waals surface area contributed by atoms with Crippen molar-refractivity contribution in [1.29, 1.82) is 0 Å². The first-order chi connectivity index (χ1) is 9.13. The lowest BCUT2D eigenvalue weighted by molar-refractivity contribution is -0.139. The van der Waals surface area contributed by atoms with Gasteiger partial charge in [0.05, 0.1) is 18.7 Å². The monoisotopic (exact) mass is 267 g/mol. The first-order valence-electron chi connectivity index (χ1n) is 5.94. The average Bonchev–Trinajstić information content (AvgIpc) is 2.38. The summed E-state index contributed by atoms with van der Waals surface area (Å²) in [6.45, 7) is 2.31. The number of ether oxygens (including phenoxy) is 2. The first-order valence-corrected chi connectivity index (χ1v) is 5.94. The Bertz CT molecular complexity index is 433. The van der Waals surface area contributed by atoms with Gasteiger partial charge in [-0.3, -0.25) is 4.79 Å². The normalized spacial score (nSPS) is 9.95. The molecule has 0 spiro atoms. The molecule has 0 unspecified atom stereocenters. The molecule has 0 aliphatic heterocycles. The van der Waals surface area contributed by atoms with E-state index >= 15 is 0 Å². The Morgan fingerprint density at radius 3 is 2.74 bits per heavy atom. The molecular formula is C13H17NO5. The fraction of sp³-hybridized carbons (Fsp3) is 0.385. The summed E-state index contributed by atoms with van der Waals surface area (Å²) in [5, 5.41) is 11.2. The number of benzene rings is 1. The van der Waals surface area contributed by atoms with Crippen LogP contribution in [0, 0.1) is 0 Å². The van der Waals surface area contributed by atoms with Crippen molar-refractivity contribution >= 4 is 17.6 Å². The lowest BCUT2D eigenvalue weighted by Crippen LogP contribution is -2.16. The van der Waals surface area contributed by atoms with Gasteiger partial charge >= 0.3 is 5.97 Å². The molecule has 1 aromatic carbocycles. The number of carboxylic acid groups (broad SMARTS) is 1. The predicted molar refractivity (Wildman–Crippen MR) is 69.3 cm³/mol. The summed E-state index contributed by atoms with van der Waals surface area (Å²) in [5.41, 5.74) is 0.449. The van der Waals surface area contributed by atoms with Gasteiger partial charge in [-0.2, -0.15) is 0 Å². The van der Waals surface area contributed by atoms with E-state index < -0.39 is 12.6 Å². The lowest BCUT2D eigenvalue weighted by Gasteiger charge is -2.11. The van der Waals surface area contributed by atoms with Gasteiger partial charge in [-0.15, -0.1) is 0 Å². The highest BCUT2D eigenvalue weighted by Crippen LogP contribution is 2.23. The maximum atomic E-state index is 11.6. The Labute approximate surface area is 111 Å². The number of carbonyl (C=O) groups excluding carboxylic acids is 1. The third-order valence-corrected chi connectivity index (χ3v) is 2.19. The van der Waals surface area contributed by atoms with E-state index in [1.165, 1.54) is 0 Å². The van der Waals surface area contributed by atoms with Crippen molar-refractivity contribution in [2.24, 2.45) is 0 Å². The number of carboxylic acids is 1. The standard InChI is InChI=1S/C13H17NO5/c1-2-18-8-7-12(15)14-10-5-3-4-6-11(10)19-9-13(16)17/h3-6H,2,7-9H2,1H3,(H,14,15)(H,16,17). The number of hydrogen-bond acceptors (Lipinski definition) is 4. The van der Waals surface area contributed by atoms with Crippen molar-refractivity contribution in [3.63, 3.8) is 0 Å². The second-order valence-electron chi connectivity index (χ2n) is 3.67. The minimum Gasteiger partial charge on any atom is -0.480 e. The van der Waals surface area contributed by atoms with Gasteiger partial charge in [-0.05, 0) is 19.1 Å². The highest BCUT2D eigenvalue weighted by molar-refractivity contribution is 5.92. The summed E-state index contributed by atoms with van der Waals surface area (Å²) in [7, 11) is 0. The maximum absolute atomic E-state index is 11.6. The number of amides is 1. The molecule has 0 fully saturated rings. The molecule has 0 aromatic heterocycles. The van der Waals surface area contributed by atoms with E-state index in [2.05, 4.69) is 5.32 Å². The predicted octanol–water partition coefficient (Wildman–Crippen LogP) is 1.52. The van der Waals surface area contributed by atoms with Gasteiger partial charge in [-0.25, -0.2) is 4.79 Å². The van der Waals surface area contributed by atoms with Crippen LogP contribution in [0.2, 0.25) is 0 Å². The number of anilines is 1. The van der Waals surface area contributed by atoms with Gasteiger partial charge in [0, 0.05) is 6.61 Å². The summed E-state index contributed by atoms with van der Waals surface area (Å²) in [6, 6.07) is 6.68. The van der Waals surface area contributed by atoms with E-state index in [1.807, 2.05) is 6.92 Å². The third-order valence-electron chi connectivity index (χ3n) is 2.19. The van der Waals surface area contributed by atoms with Crippen LogP contribution in [-0.2, 0) is 14.3 Å². The lowest BCUT2D eigenvalue weighted by atomic mass is 10.3. The molecule has 1 amide bonds. The Balaban J connectivity index is 2.56. The van der Waals surface area contributed by atoms with Crippen molar-refractivity contribution in [3.05, 3.63) is 24.3 Å². The second-order valence-corrected chi connectivity index (χ2v) is 3.67. The average molecular weight is 267 g/mol. The topological polar surface area (TPSA) is 84.9 Å². The SMILES string of the molecule is CCOCCC(=O)Nc1ccccc1OCC(=O)O. The summed E-state index contributed by atoms with van der Waals surface area (Å²) in [5.74, 6) is -0.952. The Kier molecular flexibility index (Phi) is 6.38.